The van der Waals surface area contributed by atoms with Crippen LogP contribution in [0.2, 0.25) is 0 Å². The fraction of sp³-hybridized carbons (Fsp3) is 0.125. The average molecular weight is 355 g/mol. The molecular weight excluding hydrogens is 334 g/mol. The van der Waals surface area contributed by atoms with E-state index in [0.29, 0.717) is 12.2 Å². The van der Waals surface area contributed by atoms with Crippen molar-refractivity contribution in [3.8, 4) is 0 Å². The summed E-state index contributed by atoms with van der Waals surface area (Å²) in [5.74, 6) is -0.223. The highest BCUT2D eigenvalue weighted by Gasteiger charge is 2.38. The van der Waals surface area contributed by atoms with E-state index in [1.807, 2.05) is 66.7 Å². The first kappa shape index (κ1) is 17.1. The topological polar surface area (TPSA) is 29.5 Å². The third kappa shape index (κ3) is 3.24. The van der Waals surface area contributed by atoms with Crippen LogP contribution in [0.1, 0.15) is 17.0 Å². The van der Waals surface area contributed by atoms with Gasteiger partial charge in [-0.05, 0) is 28.8 Å². The van der Waals surface area contributed by atoms with Gasteiger partial charge in [-0.15, -0.1) is 0 Å². The lowest BCUT2D eigenvalue weighted by molar-refractivity contribution is -0.136. The van der Waals surface area contributed by atoms with Gasteiger partial charge in [0.2, 0.25) is 0 Å². The van der Waals surface area contributed by atoms with E-state index in [1.165, 1.54) is 12.7 Å². The number of esters is 1. The fourth-order valence-electron chi connectivity index (χ4n) is 3.75. The van der Waals surface area contributed by atoms with Crippen molar-refractivity contribution in [2.45, 2.75) is 5.92 Å². The van der Waals surface area contributed by atoms with Crippen LogP contribution in [0.4, 0.5) is 5.69 Å². The van der Waals surface area contributed by atoms with Crippen LogP contribution in [0.15, 0.2) is 96.7 Å². The molecule has 0 unspecified atom stereocenters. The highest BCUT2D eigenvalue weighted by atomic mass is 16.5. The molecule has 3 heteroatoms. The SMILES string of the molecule is COC(=O)C1=C(c2ccccc2)[C@@H](c2ccccc2)CN1c1ccccc1. The van der Waals surface area contributed by atoms with Crippen LogP contribution in [0.25, 0.3) is 5.57 Å². The van der Waals surface area contributed by atoms with E-state index in [0.717, 1.165) is 16.8 Å². The molecular formula is C24H21NO2. The van der Waals surface area contributed by atoms with Gasteiger partial charge < -0.3 is 9.64 Å². The molecule has 1 aliphatic heterocycles. The molecule has 3 aromatic rings. The lowest BCUT2D eigenvalue weighted by Gasteiger charge is -2.21. The first-order valence-corrected chi connectivity index (χ1v) is 9.05. The number of ether oxygens (including phenoxy) is 1. The minimum atomic E-state index is -0.309. The lowest BCUT2D eigenvalue weighted by Crippen LogP contribution is -2.25. The summed E-state index contributed by atoms with van der Waals surface area (Å²) in [5, 5.41) is 0. The summed E-state index contributed by atoms with van der Waals surface area (Å²) in [4.78, 5) is 14.9. The Morgan fingerprint density at radius 3 is 2.00 bits per heavy atom. The van der Waals surface area contributed by atoms with E-state index in [-0.39, 0.29) is 11.9 Å². The maximum absolute atomic E-state index is 12.8. The maximum atomic E-state index is 12.8. The van der Waals surface area contributed by atoms with Crippen molar-refractivity contribution >= 4 is 17.2 Å². The number of methoxy groups -OCH3 is 1. The van der Waals surface area contributed by atoms with Gasteiger partial charge in [-0.3, -0.25) is 0 Å². The molecule has 3 aromatic carbocycles. The molecule has 0 amide bonds. The molecule has 0 aliphatic carbocycles. The zero-order chi connectivity index (χ0) is 18.6. The second kappa shape index (κ2) is 7.50. The third-order valence-electron chi connectivity index (χ3n) is 4.97. The standard InChI is InChI=1S/C24H21NO2/c1-27-24(26)23-22(19-13-7-3-8-14-19)21(18-11-5-2-6-12-18)17-25(23)20-15-9-4-10-16-20/h2-16,21H,17H2,1H3/t21-/m1/s1. The van der Waals surface area contributed by atoms with Crippen molar-refractivity contribution in [2.24, 2.45) is 0 Å². The highest BCUT2D eigenvalue weighted by molar-refractivity contribution is 6.04. The Balaban J connectivity index is 1.93. The Morgan fingerprint density at radius 1 is 0.852 bits per heavy atom. The summed E-state index contributed by atoms with van der Waals surface area (Å²) in [6.45, 7) is 0.697. The quantitative estimate of drug-likeness (QED) is 0.625. The molecule has 27 heavy (non-hydrogen) atoms. The first-order chi connectivity index (χ1) is 13.3. The number of anilines is 1. The average Bonchev–Trinajstić information content (AvgIpc) is 3.16. The van der Waals surface area contributed by atoms with Crippen molar-refractivity contribution in [1.82, 2.24) is 0 Å². The summed E-state index contributed by atoms with van der Waals surface area (Å²) in [6, 6.07) is 30.5. The molecule has 4 rings (SSSR count). The highest BCUT2D eigenvalue weighted by Crippen LogP contribution is 2.44. The van der Waals surface area contributed by atoms with Crippen LogP contribution >= 0.6 is 0 Å². The minimum Gasteiger partial charge on any atom is -0.464 e. The smallest absolute Gasteiger partial charge is 0.355 e. The summed E-state index contributed by atoms with van der Waals surface area (Å²) in [6.07, 6.45) is 0. The molecule has 3 nitrogen and oxygen atoms in total. The Labute approximate surface area is 159 Å². The zero-order valence-corrected chi connectivity index (χ0v) is 15.2. The second-order valence-electron chi connectivity index (χ2n) is 6.53. The molecule has 1 atom stereocenters. The molecule has 0 aromatic heterocycles. The first-order valence-electron chi connectivity index (χ1n) is 9.05. The van der Waals surface area contributed by atoms with Crippen LogP contribution in [0, 0.1) is 0 Å². The van der Waals surface area contributed by atoms with Crippen LogP contribution in [-0.2, 0) is 9.53 Å². The number of hydrogen-bond donors (Lipinski definition) is 0. The molecule has 0 fully saturated rings. The van der Waals surface area contributed by atoms with Gasteiger partial charge in [0, 0.05) is 18.2 Å². The van der Waals surface area contributed by atoms with Gasteiger partial charge in [-0.2, -0.15) is 0 Å². The Bertz CT molecular complexity index is 949. The van der Waals surface area contributed by atoms with E-state index >= 15 is 0 Å². The van der Waals surface area contributed by atoms with Crippen LogP contribution in [-0.4, -0.2) is 19.6 Å². The summed E-state index contributed by atoms with van der Waals surface area (Å²) in [7, 11) is 1.44. The monoisotopic (exact) mass is 355 g/mol. The lowest BCUT2D eigenvalue weighted by atomic mass is 9.88. The van der Waals surface area contributed by atoms with Gasteiger partial charge in [0.1, 0.15) is 5.70 Å². The molecule has 0 N–H and O–H groups in total. The predicted molar refractivity (Wildman–Crippen MR) is 108 cm³/mol. The minimum absolute atomic E-state index is 0.0860. The molecule has 0 bridgehead atoms. The molecule has 0 saturated carbocycles. The van der Waals surface area contributed by atoms with Gasteiger partial charge in [-0.25, -0.2) is 4.79 Å². The van der Waals surface area contributed by atoms with Crippen molar-refractivity contribution in [1.29, 1.82) is 0 Å². The third-order valence-corrected chi connectivity index (χ3v) is 4.97. The summed E-state index contributed by atoms with van der Waals surface area (Å²) < 4.78 is 5.18. The Morgan fingerprint density at radius 2 is 1.41 bits per heavy atom. The van der Waals surface area contributed by atoms with Gasteiger partial charge in [0.25, 0.3) is 0 Å². The number of hydrogen-bond acceptors (Lipinski definition) is 3. The molecule has 1 aliphatic rings. The molecule has 1 heterocycles. The van der Waals surface area contributed by atoms with Crippen molar-refractivity contribution in [2.75, 3.05) is 18.6 Å². The van der Waals surface area contributed by atoms with E-state index < -0.39 is 0 Å². The van der Waals surface area contributed by atoms with E-state index in [2.05, 4.69) is 29.2 Å². The zero-order valence-electron chi connectivity index (χ0n) is 15.2. The van der Waals surface area contributed by atoms with E-state index in [4.69, 9.17) is 4.74 Å². The Kier molecular flexibility index (Phi) is 4.75. The number of rotatable bonds is 4. The predicted octanol–water partition coefficient (Wildman–Crippen LogP) is 4.87. The van der Waals surface area contributed by atoms with Gasteiger partial charge in [0.15, 0.2) is 0 Å². The van der Waals surface area contributed by atoms with Gasteiger partial charge >= 0.3 is 5.97 Å². The number of benzene rings is 3. The van der Waals surface area contributed by atoms with Gasteiger partial charge in [0.05, 0.1) is 7.11 Å². The largest absolute Gasteiger partial charge is 0.464 e. The van der Waals surface area contributed by atoms with E-state index in [1.54, 1.807) is 0 Å². The Hall–Kier alpha value is -3.33. The fourth-order valence-corrected chi connectivity index (χ4v) is 3.75. The molecule has 0 radical (unpaired) electrons. The number of para-hydroxylation sites is 1. The van der Waals surface area contributed by atoms with Crippen LogP contribution < -0.4 is 4.90 Å². The van der Waals surface area contributed by atoms with Crippen molar-refractivity contribution in [3.63, 3.8) is 0 Å². The number of nitrogens with zero attached hydrogens (tertiary/aromatic N) is 1. The normalized spacial score (nSPS) is 16.5. The number of carbonyl (C=O) groups is 1. The van der Waals surface area contributed by atoms with E-state index in [9.17, 15) is 4.79 Å². The van der Waals surface area contributed by atoms with Crippen molar-refractivity contribution < 1.29 is 9.53 Å². The van der Waals surface area contributed by atoms with Crippen molar-refractivity contribution in [3.05, 3.63) is 108 Å². The molecule has 134 valence electrons. The van der Waals surface area contributed by atoms with Gasteiger partial charge in [-0.1, -0.05) is 78.9 Å². The molecule has 0 spiro atoms. The number of carbonyl (C=O) groups excluding carboxylic acids is 1. The summed E-state index contributed by atoms with van der Waals surface area (Å²) in [5.41, 5.74) is 4.85. The second-order valence-corrected chi connectivity index (χ2v) is 6.53. The summed E-state index contributed by atoms with van der Waals surface area (Å²) >= 11 is 0. The molecule has 0 saturated heterocycles. The maximum Gasteiger partial charge on any atom is 0.355 e. The van der Waals surface area contributed by atoms with Crippen LogP contribution in [0.5, 0.6) is 0 Å². The van der Waals surface area contributed by atoms with Crippen LogP contribution in [0.3, 0.4) is 0 Å².